The smallest absolute Gasteiger partial charge is 0.302 e. The predicted molar refractivity (Wildman–Crippen MR) is 103 cm³/mol. The van der Waals surface area contributed by atoms with Gasteiger partial charge in [-0.15, -0.1) is 0 Å². The van der Waals surface area contributed by atoms with Crippen molar-refractivity contribution in [2.24, 2.45) is 28.6 Å². The molecule has 0 amide bonds. The molecule has 0 aromatic carbocycles. The monoisotopic (exact) mass is 372 g/mol. The second-order valence-corrected chi connectivity index (χ2v) is 9.60. The number of hydrogen-bond acceptors (Lipinski definition) is 4. The summed E-state index contributed by atoms with van der Waals surface area (Å²) < 4.78 is 10.7. The van der Waals surface area contributed by atoms with Crippen LogP contribution in [0.25, 0.3) is 0 Å². The third-order valence-electron chi connectivity index (χ3n) is 8.29. The van der Waals surface area contributed by atoms with Gasteiger partial charge in [-0.1, -0.05) is 25.5 Å². The zero-order valence-corrected chi connectivity index (χ0v) is 17.0. The molecule has 3 saturated carbocycles. The highest BCUT2D eigenvalue weighted by molar-refractivity contribution is 6.02. The minimum Gasteiger partial charge on any atom is -0.504 e. The number of allylic oxidation sites excluding steroid dienone is 2. The van der Waals surface area contributed by atoms with Gasteiger partial charge in [0, 0.05) is 24.3 Å². The normalized spacial score (nSPS) is 44.8. The third kappa shape index (κ3) is 2.78. The molecule has 0 N–H and O–H groups in total. The first-order valence-corrected chi connectivity index (χ1v) is 10.4. The molecular formula is C23H32O4. The van der Waals surface area contributed by atoms with Crippen LogP contribution in [-0.4, -0.2) is 25.0 Å². The number of rotatable bonds is 2. The maximum Gasteiger partial charge on any atom is 0.302 e. The van der Waals surface area contributed by atoms with Crippen LogP contribution < -0.4 is 0 Å². The van der Waals surface area contributed by atoms with Gasteiger partial charge in [0.25, 0.3) is 0 Å². The van der Waals surface area contributed by atoms with E-state index in [1.807, 2.05) is 0 Å². The molecule has 148 valence electrons. The largest absolute Gasteiger partial charge is 0.504 e. The van der Waals surface area contributed by atoms with E-state index in [0.717, 1.165) is 50.5 Å². The average Bonchev–Trinajstić information content (AvgIpc) is 2.87. The Morgan fingerprint density at radius 2 is 1.89 bits per heavy atom. The number of methoxy groups -OCH3 is 1. The van der Waals surface area contributed by atoms with Crippen molar-refractivity contribution >= 4 is 11.8 Å². The van der Waals surface area contributed by atoms with E-state index in [-0.39, 0.29) is 22.9 Å². The van der Waals surface area contributed by atoms with Gasteiger partial charge in [-0.3, -0.25) is 9.59 Å². The summed E-state index contributed by atoms with van der Waals surface area (Å²) >= 11 is 0. The second kappa shape index (κ2) is 6.49. The second-order valence-electron chi connectivity index (χ2n) is 9.60. The van der Waals surface area contributed by atoms with Crippen molar-refractivity contribution in [2.75, 3.05) is 7.11 Å². The van der Waals surface area contributed by atoms with Crippen molar-refractivity contribution in [2.45, 2.75) is 71.8 Å². The van der Waals surface area contributed by atoms with E-state index in [1.54, 1.807) is 13.4 Å². The van der Waals surface area contributed by atoms with Crippen LogP contribution in [0.5, 0.6) is 0 Å². The van der Waals surface area contributed by atoms with Gasteiger partial charge in [0.2, 0.25) is 0 Å². The van der Waals surface area contributed by atoms with E-state index < -0.39 is 0 Å². The zero-order chi connectivity index (χ0) is 19.4. The lowest BCUT2D eigenvalue weighted by molar-refractivity contribution is -0.148. The molecule has 0 radical (unpaired) electrons. The fourth-order valence-corrected chi connectivity index (χ4v) is 6.88. The standard InChI is InChI=1S/C23H32O4/c1-14(24)27-17-7-9-22(2)16(12-17)5-6-18-19(22)8-10-23(3)20(18)11-15(13-26-4)21(23)25/h5,13,17-20H,6-12H2,1-4H3. The fraction of sp³-hybridized carbons (Fsp3) is 0.739. The number of carbonyl (C=O) groups is 2. The third-order valence-corrected chi connectivity index (χ3v) is 8.29. The average molecular weight is 373 g/mol. The Balaban J connectivity index is 1.61. The number of hydrogen-bond donors (Lipinski definition) is 0. The van der Waals surface area contributed by atoms with E-state index in [4.69, 9.17) is 9.47 Å². The molecular weight excluding hydrogens is 340 g/mol. The topological polar surface area (TPSA) is 52.6 Å². The van der Waals surface area contributed by atoms with Crippen LogP contribution >= 0.6 is 0 Å². The summed E-state index contributed by atoms with van der Waals surface area (Å²) in [6, 6.07) is 0. The molecule has 0 aromatic heterocycles. The summed E-state index contributed by atoms with van der Waals surface area (Å²) in [6.07, 6.45) is 11.1. The summed E-state index contributed by atoms with van der Waals surface area (Å²) in [7, 11) is 1.63. The first-order chi connectivity index (χ1) is 12.8. The fourth-order valence-electron chi connectivity index (χ4n) is 6.88. The number of esters is 1. The van der Waals surface area contributed by atoms with Gasteiger partial charge in [0.1, 0.15) is 6.10 Å². The lowest BCUT2D eigenvalue weighted by Gasteiger charge is -2.56. The molecule has 0 aliphatic heterocycles. The first-order valence-electron chi connectivity index (χ1n) is 10.4. The summed E-state index contributed by atoms with van der Waals surface area (Å²) in [5.41, 5.74) is 2.34. The molecule has 4 aliphatic carbocycles. The number of fused-ring (bicyclic) bond motifs is 5. The van der Waals surface area contributed by atoms with Gasteiger partial charge in [-0.25, -0.2) is 0 Å². The zero-order valence-electron chi connectivity index (χ0n) is 17.0. The van der Waals surface area contributed by atoms with Crippen molar-refractivity contribution in [3.05, 3.63) is 23.5 Å². The van der Waals surface area contributed by atoms with Crippen LogP contribution in [-0.2, 0) is 19.1 Å². The summed E-state index contributed by atoms with van der Waals surface area (Å²) in [5, 5.41) is 0. The SMILES string of the molecule is COC=C1CC2C3CC=C4CC(OC(C)=O)CCC4(C)C3CCC2(C)C1=O. The number of ketones is 1. The van der Waals surface area contributed by atoms with E-state index in [1.165, 1.54) is 12.5 Å². The molecule has 4 rings (SSSR count). The van der Waals surface area contributed by atoms with Crippen LogP contribution in [0, 0.1) is 28.6 Å². The van der Waals surface area contributed by atoms with Gasteiger partial charge >= 0.3 is 5.97 Å². The Labute approximate surface area is 162 Å². The Bertz CT molecular complexity index is 720. The minimum absolute atomic E-state index is 0.0385. The highest BCUT2D eigenvalue weighted by Crippen LogP contribution is 2.64. The minimum atomic E-state index is -0.220. The Kier molecular flexibility index (Phi) is 4.51. The van der Waals surface area contributed by atoms with Crippen LogP contribution in [0.3, 0.4) is 0 Å². The molecule has 3 fully saturated rings. The molecule has 6 unspecified atom stereocenters. The van der Waals surface area contributed by atoms with E-state index in [0.29, 0.717) is 23.5 Å². The lowest BCUT2D eigenvalue weighted by Crippen LogP contribution is -2.50. The molecule has 0 heterocycles. The van der Waals surface area contributed by atoms with Crippen molar-refractivity contribution in [1.29, 1.82) is 0 Å². The van der Waals surface area contributed by atoms with Crippen molar-refractivity contribution in [3.8, 4) is 0 Å². The van der Waals surface area contributed by atoms with Crippen LogP contribution in [0.2, 0.25) is 0 Å². The van der Waals surface area contributed by atoms with Crippen LogP contribution in [0.4, 0.5) is 0 Å². The quantitative estimate of drug-likeness (QED) is 0.308. The summed E-state index contributed by atoms with van der Waals surface area (Å²) in [6.45, 7) is 6.11. The number of Topliss-reactive ketones (excluding diaryl/α,β-unsaturated/α-hetero) is 1. The Morgan fingerprint density at radius 3 is 2.59 bits per heavy atom. The highest BCUT2D eigenvalue weighted by Gasteiger charge is 2.60. The van der Waals surface area contributed by atoms with Gasteiger partial charge in [0.15, 0.2) is 5.78 Å². The van der Waals surface area contributed by atoms with E-state index in [2.05, 4.69) is 19.9 Å². The van der Waals surface area contributed by atoms with Gasteiger partial charge in [0.05, 0.1) is 13.4 Å². The molecule has 0 spiro atoms. The van der Waals surface area contributed by atoms with Crippen LogP contribution in [0.1, 0.15) is 65.7 Å². The maximum atomic E-state index is 13.0. The molecule has 4 aliphatic rings. The molecule has 0 bridgehead atoms. The van der Waals surface area contributed by atoms with Gasteiger partial charge in [-0.05, 0) is 61.7 Å². The molecule has 4 nitrogen and oxygen atoms in total. The molecule has 4 heteroatoms. The number of carbonyl (C=O) groups excluding carboxylic acids is 2. The first kappa shape index (κ1) is 18.8. The predicted octanol–water partition coefficient (Wildman–Crippen LogP) is 4.59. The van der Waals surface area contributed by atoms with Gasteiger partial charge in [-0.2, -0.15) is 0 Å². The van der Waals surface area contributed by atoms with E-state index >= 15 is 0 Å². The van der Waals surface area contributed by atoms with Crippen molar-refractivity contribution in [1.82, 2.24) is 0 Å². The molecule has 0 saturated heterocycles. The van der Waals surface area contributed by atoms with Crippen LogP contribution in [0.15, 0.2) is 23.5 Å². The Morgan fingerprint density at radius 1 is 1.15 bits per heavy atom. The number of ether oxygens (including phenoxy) is 2. The summed E-state index contributed by atoms with van der Waals surface area (Å²) in [4.78, 5) is 24.4. The van der Waals surface area contributed by atoms with E-state index in [9.17, 15) is 9.59 Å². The van der Waals surface area contributed by atoms with Crippen molar-refractivity contribution < 1.29 is 19.1 Å². The van der Waals surface area contributed by atoms with Crippen molar-refractivity contribution in [3.63, 3.8) is 0 Å². The molecule has 27 heavy (non-hydrogen) atoms. The maximum absolute atomic E-state index is 13.0. The lowest BCUT2D eigenvalue weighted by atomic mass is 9.48. The molecule has 0 aromatic rings. The summed E-state index contributed by atoms with van der Waals surface area (Å²) in [5.74, 6) is 1.75. The highest BCUT2D eigenvalue weighted by atomic mass is 16.5. The van der Waals surface area contributed by atoms with Gasteiger partial charge < -0.3 is 9.47 Å². The Hall–Kier alpha value is -1.58. The molecule has 6 atom stereocenters.